The summed E-state index contributed by atoms with van der Waals surface area (Å²) in [7, 11) is 0. The van der Waals surface area contributed by atoms with Crippen LogP contribution in [0.4, 0.5) is 0 Å². The molecule has 0 aliphatic carbocycles. The summed E-state index contributed by atoms with van der Waals surface area (Å²) in [4.78, 5) is 2.33. The number of rotatable bonds is 9. The van der Waals surface area contributed by atoms with Gasteiger partial charge < -0.3 is 14.4 Å². The second-order valence-corrected chi connectivity index (χ2v) is 4.78. The number of nitrogens with zero attached hydrogens (tertiary/aromatic N) is 1. The van der Waals surface area contributed by atoms with Crippen LogP contribution in [-0.4, -0.2) is 44.4 Å². The van der Waals surface area contributed by atoms with Gasteiger partial charge in [-0.05, 0) is 31.6 Å². The highest BCUT2D eigenvalue weighted by Crippen LogP contribution is 2.27. The van der Waals surface area contributed by atoms with Crippen LogP contribution < -0.4 is 4.74 Å². The molecule has 0 atom stereocenters. The van der Waals surface area contributed by atoms with E-state index in [4.69, 9.17) is 21.1 Å². The number of aryl methyl sites for hydroxylation is 1. The minimum absolute atomic E-state index is 0.531. The Labute approximate surface area is 121 Å². The Morgan fingerprint density at radius 1 is 1.11 bits per heavy atom. The molecular formula is C15H24ClNO2. The lowest BCUT2D eigenvalue weighted by atomic mass is 10.2. The first kappa shape index (κ1) is 16.3. The van der Waals surface area contributed by atoms with Crippen molar-refractivity contribution in [1.29, 1.82) is 0 Å². The van der Waals surface area contributed by atoms with Crippen LogP contribution in [-0.2, 0) is 4.74 Å². The number of para-hydroxylation sites is 1. The Hall–Kier alpha value is -0.770. The molecule has 4 heteroatoms. The first-order valence-electron chi connectivity index (χ1n) is 6.87. The molecule has 1 rings (SSSR count). The van der Waals surface area contributed by atoms with E-state index in [2.05, 4.69) is 18.7 Å². The number of hydrogen-bond acceptors (Lipinski definition) is 3. The summed E-state index contributed by atoms with van der Waals surface area (Å²) in [6.07, 6.45) is 0. The molecule has 0 heterocycles. The summed E-state index contributed by atoms with van der Waals surface area (Å²) in [5.41, 5.74) is 1.05. The molecule has 0 aromatic heterocycles. The van der Waals surface area contributed by atoms with Gasteiger partial charge in [-0.3, -0.25) is 0 Å². The van der Waals surface area contributed by atoms with E-state index < -0.39 is 0 Å². The SMILES string of the molecule is CCN(CC)CCOCCOc1c(C)cccc1Cl. The average molecular weight is 286 g/mol. The Bertz CT molecular complexity index is 347. The molecule has 0 amide bonds. The van der Waals surface area contributed by atoms with Crippen LogP contribution >= 0.6 is 11.6 Å². The van der Waals surface area contributed by atoms with Gasteiger partial charge in [0, 0.05) is 6.54 Å². The number of ether oxygens (including phenoxy) is 2. The lowest BCUT2D eigenvalue weighted by Crippen LogP contribution is -2.27. The number of halogens is 1. The third-order valence-corrected chi connectivity index (χ3v) is 3.38. The third kappa shape index (κ3) is 5.81. The number of hydrogen-bond donors (Lipinski definition) is 0. The van der Waals surface area contributed by atoms with Crippen molar-refractivity contribution < 1.29 is 9.47 Å². The van der Waals surface area contributed by atoms with Crippen molar-refractivity contribution in [2.75, 3.05) is 39.5 Å². The van der Waals surface area contributed by atoms with E-state index in [-0.39, 0.29) is 0 Å². The standard InChI is InChI=1S/C15H24ClNO2/c1-4-17(5-2)9-10-18-11-12-19-15-13(3)7-6-8-14(15)16/h6-8H,4-5,9-12H2,1-3H3. The zero-order valence-electron chi connectivity index (χ0n) is 12.1. The van der Waals surface area contributed by atoms with E-state index in [9.17, 15) is 0 Å². The van der Waals surface area contributed by atoms with Crippen molar-refractivity contribution in [1.82, 2.24) is 4.90 Å². The van der Waals surface area contributed by atoms with Crippen LogP contribution in [0.25, 0.3) is 0 Å². The van der Waals surface area contributed by atoms with Crippen LogP contribution in [0, 0.1) is 6.92 Å². The molecule has 0 spiro atoms. The molecule has 0 saturated heterocycles. The molecular weight excluding hydrogens is 262 g/mol. The lowest BCUT2D eigenvalue weighted by molar-refractivity contribution is 0.0818. The van der Waals surface area contributed by atoms with Gasteiger partial charge in [0.15, 0.2) is 0 Å². The van der Waals surface area contributed by atoms with E-state index in [0.717, 1.165) is 37.6 Å². The van der Waals surface area contributed by atoms with Crippen LogP contribution in [0.1, 0.15) is 19.4 Å². The van der Waals surface area contributed by atoms with Crippen molar-refractivity contribution in [2.24, 2.45) is 0 Å². The minimum atomic E-state index is 0.531. The van der Waals surface area contributed by atoms with Crippen molar-refractivity contribution in [3.05, 3.63) is 28.8 Å². The first-order valence-corrected chi connectivity index (χ1v) is 7.24. The number of benzene rings is 1. The van der Waals surface area contributed by atoms with E-state index in [1.54, 1.807) is 0 Å². The van der Waals surface area contributed by atoms with E-state index in [1.165, 1.54) is 0 Å². The Balaban J connectivity index is 2.17. The highest BCUT2D eigenvalue weighted by atomic mass is 35.5. The zero-order chi connectivity index (χ0) is 14.1. The molecule has 0 bridgehead atoms. The molecule has 0 aliphatic rings. The van der Waals surface area contributed by atoms with Gasteiger partial charge in [0.05, 0.1) is 18.2 Å². The highest BCUT2D eigenvalue weighted by Gasteiger charge is 2.04. The van der Waals surface area contributed by atoms with E-state index in [1.807, 2.05) is 25.1 Å². The van der Waals surface area contributed by atoms with Gasteiger partial charge >= 0.3 is 0 Å². The van der Waals surface area contributed by atoms with Crippen molar-refractivity contribution >= 4 is 11.6 Å². The van der Waals surface area contributed by atoms with Gasteiger partial charge in [0.2, 0.25) is 0 Å². The summed E-state index contributed by atoms with van der Waals surface area (Å²) < 4.78 is 11.2. The maximum absolute atomic E-state index is 6.08. The summed E-state index contributed by atoms with van der Waals surface area (Å²) in [6.45, 7) is 11.3. The number of likely N-dealkylation sites (N-methyl/N-ethyl adjacent to an activating group) is 1. The van der Waals surface area contributed by atoms with Gasteiger partial charge in [-0.2, -0.15) is 0 Å². The van der Waals surface area contributed by atoms with Crippen molar-refractivity contribution in [2.45, 2.75) is 20.8 Å². The summed E-state index contributed by atoms with van der Waals surface area (Å²) >= 11 is 6.08. The largest absolute Gasteiger partial charge is 0.489 e. The minimum Gasteiger partial charge on any atom is -0.489 e. The van der Waals surface area contributed by atoms with Gasteiger partial charge in [0.25, 0.3) is 0 Å². The monoisotopic (exact) mass is 285 g/mol. The molecule has 3 nitrogen and oxygen atoms in total. The molecule has 0 saturated carbocycles. The fraction of sp³-hybridized carbons (Fsp3) is 0.600. The zero-order valence-corrected chi connectivity index (χ0v) is 12.9. The van der Waals surface area contributed by atoms with Crippen molar-refractivity contribution in [3.63, 3.8) is 0 Å². The summed E-state index contributed by atoms with van der Waals surface area (Å²) in [6, 6.07) is 5.75. The predicted octanol–water partition coefficient (Wildman–Crippen LogP) is 3.39. The molecule has 0 aliphatic heterocycles. The normalized spacial score (nSPS) is 11.0. The van der Waals surface area contributed by atoms with Crippen molar-refractivity contribution in [3.8, 4) is 5.75 Å². The predicted molar refractivity (Wildman–Crippen MR) is 80.3 cm³/mol. The van der Waals surface area contributed by atoms with E-state index >= 15 is 0 Å². The average Bonchev–Trinajstić information content (AvgIpc) is 2.41. The highest BCUT2D eigenvalue weighted by molar-refractivity contribution is 6.32. The smallest absolute Gasteiger partial charge is 0.140 e. The Morgan fingerprint density at radius 2 is 1.84 bits per heavy atom. The molecule has 1 aromatic carbocycles. The van der Waals surface area contributed by atoms with Crippen LogP contribution in [0.2, 0.25) is 5.02 Å². The van der Waals surface area contributed by atoms with Crippen LogP contribution in [0.3, 0.4) is 0 Å². The third-order valence-electron chi connectivity index (χ3n) is 3.08. The Morgan fingerprint density at radius 3 is 2.47 bits per heavy atom. The Kier molecular flexibility index (Phi) is 7.87. The summed E-state index contributed by atoms with van der Waals surface area (Å²) in [5.74, 6) is 0.761. The summed E-state index contributed by atoms with van der Waals surface area (Å²) in [5, 5.41) is 0.656. The first-order chi connectivity index (χ1) is 9.19. The molecule has 19 heavy (non-hydrogen) atoms. The maximum Gasteiger partial charge on any atom is 0.140 e. The molecule has 0 N–H and O–H groups in total. The fourth-order valence-corrected chi connectivity index (χ4v) is 2.11. The molecule has 1 aromatic rings. The maximum atomic E-state index is 6.08. The molecule has 0 unspecified atom stereocenters. The van der Waals surface area contributed by atoms with Gasteiger partial charge in [-0.1, -0.05) is 37.6 Å². The van der Waals surface area contributed by atoms with E-state index in [0.29, 0.717) is 18.2 Å². The van der Waals surface area contributed by atoms with Gasteiger partial charge in [0.1, 0.15) is 12.4 Å². The lowest BCUT2D eigenvalue weighted by Gasteiger charge is -2.17. The van der Waals surface area contributed by atoms with Gasteiger partial charge in [-0.25, -0.2) is 0 Å². The molecule has 108 valence electrons. The fourth-order valence-electron chi connectivity index (χ4n) is 1.84. The molecule has 0 fully saturated rings. The van der Waals surface area contributed by atoms with Crippen LogP contribution in [0.5, 0.6) is 5.75 Å². The quantitative estimate of drug-likeness (QED) is 0.649. The molecule has 0 radical (unpaired) electrons. The van der Waals surface area contributed by atoms with Crippen LogP contribution in [0.15, 0.2) is 18.2 Å². The van der Waals surface area contributed by atoms with Gasteiger partial charge in [-0.15, -0.1) is 0 Å². The topological polar surface area (TPSA) is 21.7 Å². The second-order valence-electron chi connectivity index (χ2n) is 4.37. The second kappa shape index (κ2) is 9.18.